The molecule has 0 aliphatic carbocycles. The second-order valence-electron chi connectivity index (χ2n) is 5.03. The van der Waals surface area contributed by atoms with Crippen molar-refractivity contribution in [2.24, 2.45) is 0 Å². The van der Waals surface area contributed by atoms with Gasteiger partial charge in [-0.25, -0.2) is 8.78 Å². The lowest BCUT2D eigenvalue weighted by molar-refractivity contribution is 0.431. The van der Waals surface area contributed by atoms with Gasteiger partial charge in [-0.1, -0.05) is 6.08 Å². The van der Waals surface area contributed by atoms with Gasteiger partial charge in [0.05, 0.1) is 5.70 Å². The Bertz CT molecular complexity index is 784. The summed E-state index contributed by atoms with van der Waals surface area (Å²) in [7, 11) is 0. The summed E-state index contributed by atoms with van der Waals surface area (Å²) < 4.78 is 26.7. The van der Waals surface area contributed by atoms with Crippen molar-refractivity contribution >= 4 is 11.4 Å². The first-order valence-electron chi connectivity index (χ1n) is 6.81. The van der Waals surface area contributed by atoms with E-state index in [1.807, 2.05) is 13.0 Å². The predicted molar refractivity (Wildman–Crippen MR) is 81.4 cm³/mol. The molecule has 0 saturated heterocycles. The molecule has 0 fully saturated rings. The van der Waals surface area contributed by atoms with Crippen molar-refractivity contribution in [3.05, 3.63) is 77.3 Å². The quantitative estimate of drug-likeness (QED) is 0.911. The van der Waals surface area contributed by atoms with E-state index in [9.17, 15) is 13.9 Å². The monoisotopic (exact) mass is 300 g/mol. The number of aliphatic hydroxyl groups excluding tert-OH is 1. The predicted octanol–water partition coefficient (Wildman–Crippen LogP) is 3.97. The van der Waals surface area contributed by atoms with Crippen LogP contribution in [-0.4, -0.2) is 16.6 Å². The lowest BCUT2D eigenvalue weighted by Crippen LogP contribution is -2.25. The number of aromatic nitrogens is 1. The average molecular weight is 300 g/mol. The summed E-state index contributed by atoms with van der Waals surface area (Å²) in [5.74, 6) is -1.75. The minimum absolute atomic E-state index is 0.0709. The molecule has 3 nitrogen and oxygen atoms in total. The molecular formula is C17H14F2N2O. The molecule has 3 rings (SSSR count). The number of hydrogen-bond acceptors (Lipinski definition) is 3. The molecule has 0 spiro atoms. The fraction of sp³-hybridized carbons (Fsp3) is 0.118. The van der Waals surface area contributed by atoms with Crippen LogP contribution < -0.4 is 4.90 Å². The minimum Gasteiger partial charge on any atom is -0.506 e. The Hall–Kier alpha value is -2.69. The van der Waals surface area contributed by atoms with Gasteiger partial charge in [0.2, 0.25) is 0 Å². The molecule has 0 unspecified atom stereocenters. The maximum absolute atomic E-state index is 13.5. The molecule has 1 N–H and O–H groups in total. The first kappa shape index (κ1) is 14.3. The highest BCUT2D eigenvalue weighted by Gasteiger charge is 2.21. The number of aliphatic hydroxyl groups is 1. The zero-order valence-electron chi connectivity index (χ0n) is 11.9. The van der Waals surface area contributed by atoms with Crippen molar-refractivity contribution in [2.75, 3.05) is 11.4 Å². The average Bonchev–Trinajstić information content (AvgIpc) is 2.50. The second kappa shape index (κ2) is 5.60. The molecular weight excluding hydrogens is 286 g/mol. The summed E-state index contributed by atoms with van der Waals surface area (Å²) in [5, 5.41) is 10.2. The molecule has 0 amide bonds. The highest BCUT2D eigenvalue weighted by Crippen LogP contribution is 2.31. The molecule has 2 heterocycles. The molecule has 5 heteroatoms. The molecule has 0 bridgehead atoms. The number of nitrogens with zero attached hydrogens (tertiary/aromatic N) is 2. The van der Waals surface area contributed by atoms with Gasteiger partial charge in [0.1, 0.15) is 5.76 Å². The Morgan fingerprint density at radius 3 is 2.68 bits per heavy atom. The topological polar surface area (TPSA) is 36.4 Å². The van der Waals surface area contributed by atoms with E-state index < -0.39 is 11.6 Å². The van der Waals surface area contributed by atoms with E-state index >= 15 is 0 Å². The summed E-state index contributed by atoms with van der Waals surface area (Å²) in [4.78, 5) is 5.86. The van der Waals surface area contributed by atoms with Gasteiger partial charge in [0, 0.05) is 35.8 Å². The molecule has 0 radical (unpaired) electrons. The van der Waals surface area contributed by atoms with Gasteiger partial charge >= 0.3 is 0 Å². The third-order valence-electron chi connectivity index (χ3n) is 3.46. The Kier molecular flexibility index (Phi) is 3.63. The normalized spacial score (nSPS) is 14.6. The smallest absolute Gasteiger partial charge is 0.160 e. The lowest BCUT2D eigenvalue weighted by atomic mass is 10.1. The summed E-state index contributed by atoms with van der Waals surface area (Å²) in [5.41, 5.74) is 2.58. The maximum atomic E-state index is 13.5. The van der Waals surface area contributed by atoms with E-state index in [1.54, 1.807) is 29.3 Å². The summed E-state index contributed by atoms with van der Waals surface area (Å²) in [6.45, 7) is 2.30. The van der Waals surface area contributed by atoms with Crippen LogP contribution in [-0.2, 0) is 0 Å². The maximum Gasteiger partial charge on any atom is 0.160 e. The van der Waals surface area contributed by atoms with Gasteiger partial charge in [-0.2, -0.15) is 0 Å². The van der Waals surface area contributed by atoms with Gasteiger partial charge in [-0.3, -0.25) is 4.98 Å². The Morgan fingerprint density at radius 1 is 1.14 bits per heavy atom. The largest absolute Gasteiger partial charge is 0.506 e. The Morgan fingerprint density at radius 2 is 1.95 bits per heavy atom. The number of pyridine rings is 1. The molecule has 1 aromatic carbocycles. The number of benzene rings is 1. The SMILES string of the molecule is Cc1cc(C2=C(O)C=CCN2c2ccc(F)c(F)c2)ccn1. The minimum atomic E-state index is -0.920. The number of hydrogen-bond donors (Lipinski definition) is 1. The van der Waals surface area contributed by atoms with E-state index in [-0.39, 0.29) is 5.76 Å². The van der Waals surface area contributed by atoms with E-state index in [0.717, 1.165) is 23.4 Å². The standard InChI is InChI=1S/C17H14F2N2O/c1-11-9-12(6-7-20-11)17-16(22)3-2-8-21(17)13-4-5-14(18)15(19)10-13/h2-7,9-10,22H,8H2,1H3. The van der Waals surface area contributed by atoms with Crippen molar-refractivity contribution in [3.63, 3.8) is 0 Å². The summed E-state index contributed by atoms with van der Waals surface area (Å²) in [6.07, 6.45) is 5.00. The van der Waals surface area contributed by atoms with E-state index in [0.29, 0.717) is 17.9 Å². The van der Waals surface area contributed by atoms with Crippen LogP contribution in [0, 0.1) is 18.6 Å². The zero-order chi connectivity index (χ0) is 15.7. The van der Waals surface area contributed by atoms with Crippen LogP contribution in [0.2, 0.25) is 0 Å². The van der Waals surface area contributed by atoms with Crippen LogP contribution in [0.25, 0.3) is 5.70 Å². The summed E-state index contributed by atoms with van der Waals surface area (Å²) in [6, 6.07) is 7.28. The molecule has 112 valence electrons. The highest BCUT2D eigenvalue weighted by atomic mass is 19.2. The molecule has 1 aliphatic rings. The van der Waals surface area contributed by atoms with Crippen LogP contribution in [0.4, 0.5) is 14.5 Å². The van der Waals surface area contributed by atoms with Gasteiger partial charge in [0.25, 0.3) is 0 Å². The molecule has 1 aromatic heterocycles. The first-order chi connectivity index (χ1) is 10.6. The van der Waals surface area contributed by atoms with Gasteiger partial charge in [-0.05, 0) is 37.3 Å². The number of anilines is 1. The van der Waals surface area contributed by atoms with E-state index in [4.69, 9.17) is 0 Å². The van der Waals surface area contributed by atoms with Gasteiger partial charge < -0.3 is 10.0 Å². The Balaban J connectivity index is 2.10. The molecule has 1 aliphatic heterocycles. The van der Waals surface area contributed by atoms with Crippen LogP contribution in [0.5, 0.6) is 0 Å². The Labute approximate surface area is 126 Å². The number of halogens is 2. The number of allylic oxidation sites excluding steroid dienone is 1. The van der Waals surface area contributed by atoms with Crippen molar-refractivity contribution in [1.82, 2.24) is 4.98 Å². The molecule has 2 aromatic rings. The van der Waals surface area contributed by atoms with Crippen molar-refractivity contribution in [2.45, 2.75) is 6.92 Å². The van der Waals surface area contributed by atoms with Gasteiger partial charge in [0.15, 0.2) is 11.6 Å². The van der Waals surface area contributed by atoms with Crippen LogP contribution in [0.3, 0.4) is 0 Å². The van der Waals surface area contributed by atoms with Gasteiger partial charge in [-0.15, -0.1) is 0 Å². The second-order valence-corrected chi connectivity index (χ2v) is 5.03. The van der Waals surface area contributed by atoms with E-state index in [2.05, 4.69) is 4.98 Å². The molecule has 22 heavy (non-hydrogen) atoms. The number of rotatable bonds is 2. The molecule has 0 saturated carbocycles. The van der Waals surface area contributed by atoms with E-state index in [1.165, 1.54) is 6.07 Å². The summed E-state index contributed by atoms with van der Waals surface area (Å²) >= 11 is 0. The fourth-order valence-electron chi connectivity index (χ4n) is 2.46. The van der Waals surface area contributed by atoms with Crippen molar-refractivity contribution < 1.29 is 13.9 Å². The highest BCUT2D eigenvalue weighted by molar-refractivity contribution is 5.83. The first-order valence-corrected chi connectivity index (χ1v) is 6.81. The van der Waals surface area contributed by atoms with Crippen molar-refractivity contribution in [1.29, 1.82) is 0 Å². The number of aryl methyl sites for hydroxylation is 1. The van der Waals surface area contributed by atoms with Crippen LogP contribution in [0.15, 0.2) is 54.4 Å². The van der Waals surface area contributed by atoms with Crippen LogP contribution >= 0.6 is 0 Å². The third kappa shape index (κ3) is 2.57. The third-order valence-corrected chi connectivity index (χ3v) is 3.46. The van der Waals surface area contributed by atoms with Crippen LogP contribution in [0.1, 0.15) is 11.3 Å². The fourth-order valence-corrected chi connectivity index (χ4v) is 2.46. The zero-order valence-corrected chi connectivity index (χ0v) is 11.9. The molecule has 0 atom stereocenters. The van der Waals surface area contributed by atoms with Crippen molar-refractivity contribution in [3.8, 4) is 0 Å². The lowest BCUT2D eigenvalue weighted by Gasteiger charge is -2.29.